The van der Waals surface area contributed by atoms with Crippen molar-refractivity contribution in [1.82, 2.24) is 14.8 Å². The number of rotatable bonds is 7. The summed E-state index contributed by atoms with van der Waals surface area (Å²) >= 11 is 0. The van der Waals surface area contributed by atoms with Crippen LogP contribution in [-0.4, -0.2) is 52.8 Å². The van der Waals surface area contributed by atoms with Crippen LogP contribution in [0.25, 0.3) is 11.1 Å². The molecule has 1 saturated carbocycles. The summed E-state index contributed by atoms with van der Waals surface area (Å²) in [5.41, 5.74) is 3.25. The SMILES string of the molecule is C=CCN1CCN(C(=O)CC2CCCC2)C[C@H](Cc2cccc(-c3cccnc3)c2)C1=O. The lowest BCUT2D eigenvalue weighted by atomic mass is 9.94. The van der Waals surface area contributed by atoms with E-state index in [1.54, 1.807) is 12.3 Å². The van der Waals surface area contributed by atoms with E-state index in [-0.39, 0.29) is 17.7 Å². The third kappa shape index (κ3) is 5.45. The van der Waals surface area contributed by atoms with Crippen LogP contribution in [0.2, 0.25) is 0 Å². The van der Waals surface area contributed by atoms with Gasteiger partial charge in [0.05, 0.1) is 5.92 Å². The first kappa shape index (κ1) is 22.3. The van der Waals surface area contributed by atoms with E-state index in [1.165, 1.54) is 12.8 Å². The van der Waals surface area contributed by atoms with Crippen molar-refractivity contribution in [1.29, 1.82) is 0 Å². The van der Waals surface area contributed by atoms with Crippen molar-refractivity contribution in [3.63, 3.8) is 0 Å². The summed E-state index contributed by atoms with van der Waals surface area (Å²) in [7, 11) is 0. The van der Waals surface area contributed by atoms with Crippen LogP contribution in [0.1, 0.15) is 37.7 Å². The average molecular weight is 432 g/mol. The Morgan fingerprint density at radius 2 is 1.94 bits per heavy atom. The van der Waals surface area contributed by atoms with E-state index in [9.17, 15) is 9.59 Å². The van der Waals surface area contributed by atoms with Crippen LogP contribution in [0.15, 0.2) is 61.4 Å². The van der Waals surface area contributed by atoms with Crippen molar-refractivity contribution in [2.24, 2.45) is 11.8 Å². The summed E-state index contributed by atoms with van der Waals surface area (Å²) < 4.78 is 0. The lowest BCUT2D eigenvalue weighted by Gasteiger charge is -2.25. The quantitative estimate of drug-likeness (QED) is 0.613. The minimum atomic E-state index is -0.242. The van der Waals surface area contributed by atoms with Gasteiger partial charge in [0.1, 0.15) is 0 Å². The summed E-state index contributed by atoms with van der Waals surface area (Å²) in [5, 5.41) is 0. The number of carbonyl (C=O) groups excluding carboxylic acids is 2. The van der Waals surface area contributed by atoms with Gasteiger partial charge in [0.25, 0.3) is 0 Å². The number of nitrogens with zero attached hydrogens (tertiary/aromatic N) is 3. The van der Waals surface area contributed by atoms with Gasteiger partial charge in [-0.15, -0.1) is 6.58 Å². The summed E-state index contributed by atoms with van der Waals surface area (Å²) in [6, 6.07) is 12.3. The normalized spacial score (nSPS) is 19.8. The molecule has 0 N–H and O–H groups in total. The lowest BCUT2D eigenvalue weighted by molar-refractivity contribution is -0.134. The van der Waals surface area contributed by atoms with Crippen molar-refractivity contribution in [2.75, 3.05) is 26.2 Å². The number of carbonyl (C=O) groups is 2. The molecule has 0 unspecified atom stereocenters. The van der Waals surface area contributed by atoms with Crippen LogP contribution in [0, 0.1) is 11.8 Å². The van der Waals surface area contributed by atoms with Gasteiger partial charge in [-0.1, -0.05) is 49.2 Å². The zero-order chi connectivity index (χ0) is 22.3. The molecule has 1 aromatic heterocycles. The Kier molecular flexibility index (Phi) is 7.35. The van der Waals surface area contributed by atoms with Gasteiger partial charge in [0.2, 0.25) is 11.8 Å². The van der Waals surface area contributed by atoms with Gasteiger partial charge < -0.3 is 9.80 Å². The molecule has 1 aliphatic carbocycles. The molecule has 0 bridgehead atoms. The minimum absolute atomic E-state index is 0.118. The highest BCUT2D eigenvalue weighted by atomic mass is 16.2. The van der Waals surface area contributed by atoms with Crippen LogP contribution in [0.4, 0.5) is 0 Å². The van der Waals surface area contributed by atoms with Gasteiger partial charge in [-0.25, -0.2) is 0 Å². The van der Waals surface area contributed by atoms with Crippen molar-refractivity contribution in [3.8, 4) is 11.1 Å². The van der Waals surface area contributed by atoms with Gasteiger partial charge in [0.15, 0.2) is 0 Å². The van der Waals surface area contributed by atoms with E-state index in [4.69, 9.17) is 0 Å². The molecule has 2 fully saturated rings. The van der Waals surface area contributed by atoms with E-state index < -0.39 is 0 Å². The third-order valence-corrected chi connectivity index (χ3v) is 6.79. The molecular formula is C27H33N3O2. The first-order valence-electron chi connectivity index (χ1n) is 11.8. The fourth-order valence-corrected chi connectivity index (χ4v) is 5.05. The first-order chi connectivity index (χ1) is 15.6. The maximum absolute atomic E-state index is 13.3. The highest BCUT2D eigenvalue weighted by Gasteiger charge is 2.32. The van der Waals surface area contributed by atoms with Gasteiger partial charge in [0, 0.05) is 45.0 Å². The molecule has 2 heterocycles. The Morgan fingerprint density at radius 1 is 1.12 bits per heavy atom. The van der Waals surface area contributed by atoms with Crippen LogP contribution >= 0.6 is 0 Å². The second-order valence-corrected chi connectivity index (χ2v) is 9.11. The smallest absolute Gasteiger partial charge is 0.228 e. The predicted molar refractivity (Wildman–Crippen MR) is 127 cm³/mol. The number of aromatic nitrogens is 1. The molecule has 2 amide bonds. The summed E-state index contributed by atoms with van der Waals surface area (Å²) in [4.78, 5) is 34.4. The molecule has 32 heavy (non-hydrogen) atoms. The maximum atomic E-state index is 13.3. The van der Waals surface area contributed by atoms with Gasteiger partial charge in [-0.2, -0.15) is 0 Å². The number of hydrogen-bond donors (Lipinski definition) is 0. The molecule has 2 aliphatic rings. The molecule has 0 radical (unpaired) electrons. The molecule has 1 aliphatic heterocycles. The van der Waals surface area contributed by atoms with E-state index in [0.717, 1.165) is 29.5 Å². The maximum Gasteiger partial charge on any atom is 0.228 e. The summed E-state index contributed by atoms with van der Waals surface area (Å²) in [6.07, 6.45) is 11.4. The zero-order valence-electron chi connectivity index (χ0n) is 18.8. The molecule has 4 rings (SSSR count). The van der Waals surface area contributed by atoms with E-state index in [0.29, 0.717) is 44.9 Å². The summed E-state index contributed by atoms with van der Waals surface area (Å²) in [6.45, 7) is 6.02. The topological polar surface area (TPSA) is 53.5 Å². The highest BCUT2D eigenvalue weighted by molar-refractivity contribution is 5.82. The second-order valence-electron chi connectivity index (χ2n) is 9.11. The van der Waals surface area contributed by atoms with Crippen molar-refractivity contribution in [2.45, 2.75) is 38.5 Å². The molecule has 168 valence electrons. The summed E-state index contributed by atoms with van der Waals surface area (Å²) in [5.74, 6) is 0.599. The Morgan fingerprint density at radius 3 is 2.69 bits per heavy atom. The molecule has 1 atom stereocenters. The van der Waals surface area contributed by atoms with Crippen LogP contribution in [0.5, 0.6) is 0 Å². The Bertz CT molecular complexity index is 937. The van der Waals surface area contributed by atoms with E-state index in [2.05, 4.69) is 29.8 Å². The Labute approximate surface area is 191 Å². The van der Waals surface area contributed by atoms with Crippen molar-refractivity contribution < 1.29 is 9.59 Å². The fourth-order valence-electron chi connectivity index (χ4n) is 5.05. The van der Waals surface area contributed by atoms with E-state index >= 15 is 0 Å². The number of pyridine rings is 1. The molecule has 5 heteroatoms. The van der Waals surface area contributed by atoms with Crippen molar-refractivity contribution >= 4 is 11.8 Å². The monoisotopic (exact) mass is 431 g/mol. The zero-order valence-corrected chi connectivity index (χ0v) is 18.8. The Balaban J connectivity index is 1.52. The standard InChI is InChI=1S/C27H33N3O2/c1-2-13-29-14-15-30(26(31)18-21-7-3-4-8-21)20-25(27(29)32)17-22-9-5-10-23(16-22)24-11-6-12-28-19-24/h2,5-6,9-12,16,19,21,25H,1,3-4,7-8,13-15,17-18,20H2/t25-/m0/s1. The number of hydrogen-bond acceptors (Lipinski definition) is 3. The molecule has 1 saturated heterocycles. The van der Waals surface area contributed by atoms with Crippen LogP contribution < -0.4 is 0 Å². The minimum Gasteiger partial charge on any atom is -0.340 e. The lowest BCUT2D eigenvalue weighted by Crippen LogP contribution is -2.38. The van der Waals surface area contributed by atoms with E-state index in [1.807, 2.05) is 34.2 Å². The molecule has 5 nitrogen and oxygen atoms in total. The highest BCUT2D eigenvalue weighted by Crippen LogP contribution is 2.29. The van der Waals surface area contributed by atoms with Crippen LogP contribution in [0.3, 0.4) is 0 Å². The first-order valence-corrected chi connectivity index (χ1v) is 11.8. The molecule has 0 spiro atoms. The van der Waals surface area contributed by atoms with Gasteiger partial charge in [-0.3, -0.25) is 14.6 Å². The van der Waals surface area contributed by atoms with Gasteiger partial charge >= 0.3 is 0 Å². The van der Waals surface area contributed by atoms with Crippen LogP contribution in [-0.2, 0) is 16.0 Å². The predicted octanol–water partition coefficient (Wildman–Crippen LogP) is 4.34. The van der Waals surface area contributed by atoms with Gasteiger partial charge in [-0.05, 0) is 47.9 Å². The largest absolute Gasteiger partial charge is 0.340 e. The average Bonchev–Trinajstić information content (AvgIpc) is 3.28. The molecular weight excluding hydrogens is 398 g/mol. The van der Waals surface area contributed by atoms with Crippen molar-refractivity contribution in [3.05, 3.63) is 67.0 Å². The second kappa shape index (κ2) is 10.6. The molecule has 2 aromatic rings. The number of benzene rings is 1. The third-order valence-electron chi connectivity index (χ3n) is 6.79. The Hall–Kier alpha value is -2.95. The number of amides is 2. The fraction of sp³-hybridized carbons (Fsp3) is 0.444. The molecule has 1 aromatic carbocycles.